The Hall–Kier alpha value is -1.81. The van der Waals surface area contributed by atoms with Gasteiger partial charge in [0.05, 0.1) is 12.9 Å². The van der Waals surface area contributed by atoms with Crippen LogP contribution in [0, 0.1) is 0 Å². The number of ether oxygens (including phenoxy) is 2. The Morgan fingerprint density at radius 3 is 2.48 bits per heavy atom. The first-order chi connectivity index (χ1) is 15.1. The SMILES string of the molecule is CCCCCCCCCCc1nc(NC)c2ncn([C@@H]3O[C@H](CO)[C@@H](O)[C@H]3OC)c2n1. The van der Waals surface area contributed by atoms with Crippen molar-refractivity contribution < 1.29 is 19.7 Å². The number of unbranched alkanes of at least 4 members (excludes halogenated alkanes) is 7. The second-order valence-electron chi connectivity index (χ2n) is 8.23. The lowest BCUT2D eigenvalue weighted by Crippen LogP contribution is -2.34. The number of anilines is 1. The molecule has 0 radical (unpaired) electrons. The van der Waals surface area contributed by atoms with Gasteiger partial charge in [-0.2, -0.15) is 0 Å². The summed E-state index contributed by atoms with van der Waals surface area (Å²) in [6, 6.07) is 0. The molecule has 1 aliphatic heterocycles. The van der Waals surface area contributed by atoms with Crippen molar-refractivity contribution in [3.05, 3.63) is 12.2 Å². The molecule has 0 amide bonds. The predicted molar refractivity (Wildman–Crippen MR) is 119 cm³/mol. The van der Waals surface area contributed by atoms with E-state index in [1.165, 1.54) is 52.1 Å². The van der Waals surface area contributed by atoms with Crippen LogP contribution in [0.1, 0.15) is 70.3 Å². The second-order valence-corrected chi connectivity index (χ2v) is 8.23. The number of aryl methyl sites for hydroxylation is 1. The Labute approximate surface area is 184 Å². The highest BCUT2D eigenvalue weighted by Gasteiger charge is 2.45. The van der Waals surface area contributed by atoms with Crippen LogP contribution in [0.15, 0.2) is 6.33 Å². The van der Waals surface area contributed by atoms with Gasteiger partial charge < -0.3 is 25.0 Å². The topological polar surface area (TPSA) is 115 Å². The van der Waals surface area contributed by atoms with Crippen molar-refractivity contribution in [2.45, 2.75) is 89.3 Å². The molecule has 2 aromatic rings. The van der Waals surface area contributed by atoms with Crippen molar-refractivity contribution in [1.29, 1.82) is 0 Å². The minimum absolute atomic E-state index is 0.287. The van der Waals surface area contributed by atoms with Gasteiger partial charge in [-0.15, -0.1) is 0 Å². The fourth-order valence-corrected chi connectivity index (χ4v) is 4.20. The molecule has 174 valence electrons. The summed E-state index contributed by atoms with van der Waals surface area (Å²) in [6.45, 7) is 1.95. The molecule has 3 rings (SSSR count). The van der Waals surface area contributed by atoms with E-state index in [2.05, 4.69) is 22.2 Å². The fraction of sp³-hybridized carbons (Fsp3) is 0.773. The van der Waals surface area contributed by atoms with Gasteiger partial charge in [-0.3, -0.25) is 4.57 Å². The van der Waals surface area contributed by atoms with Crippen molar-refractivity contribution in [3.8, 4) is 0 Å². The Balaban J connectivity index is 1.71. The molecule has 4 atom stereocenters. The molecule has 0 saturated carbocycles. The summed E-state index contributed by atoms with van der Waals surface area (Å²) in [4.78, 5) is 13.9. The van der Waals surface area contributed by atoms with Crippen LogP contribution in [0.25, 0.3) is 11.2 Å². The lowest BCUT2D eigenvalue weighted by molar-refractivity contribution is -0.0583. The second kappa shape index (κ2) is 11.7. The average molecular weight is 436 g/mol. The van der Waals surface area contributed by atoms with E-state index in [-0.39, 0.29) is 6.61 Å². The van der Waals surface area contributed by atoms with E-state index in [9.17, 15) is 10.2 Å². The third kappa shape index (κ3) is 5.52. The molecule has 2 aromatic heterocycles. The lowest BCUT2D eigenvalue weighted by atomic mass is 10.1. The molecule has 0 unspecified atom stereocenters. The molecule has 0 aliphatic carbocycles. The summed E-state index contributed by atoms with van der Waals surface area (Å²) in [7, 11) is 3.33. The van der Waals surface area contributed by atoms with E-state index in [4.69, 9.17) is 14.5 Å². The molecule has 0 aromatic carbocycles. The van der Waals surface area contributed by atoms with Gasteiger partial charge >= 0.3 is 0 Å². The third-order valence-electron chi connectivity index (χ3n) is 6.00. The van der Waals surface area contributed by atoms with Gasteiger partial charge in [-0.1, -0.05) is 51.9 Å². The highest BCUT2D eigenvalue weighted by Crippen LogP contribution is 2.34. The van der Waals surface area contributed by atoms with Crippen LogP contribution in [-0.4, -0.2) is 68.8 Å². The molecule has 1 saturated heterocycles. The molecule has 9 heteroatoms. The predicted octanol–water partition coefficient (Wildman–Crippen LogP) is 2.82. The molecule has 3 heterocycles. The quantitative estimate of drug-likeness (QED) is 0.412. The van der Waals surface area contributed by atoms with Gasteiger partial charge in [0.25, 0.3) is 0 Å². The molecule has 1 fully saturated rings. The number of nitrogens with zero attached hydrogens (tertiary/aromatic N) is 4. The molecular weight excluding hydrogens is 398 g/mol. The molecule has 3 N–H and O–H groups in total. The van der Waals surface area contributed by atoms with Crippen LogP contribution in [0.4, 0.5) is 5.82 Å². The van der Waals surface area contributed by atoms with Crippen LogP contribution in [0.2, 0.25) is 0 Å². The standard InChI is InChI=1S/C22H37N5O4/c1-4-5-6-7-8-9-10-11-12-16-25-20(23-2)17-21(26-16)27(14-24-17)22-19(30-3)18(29)15(13-28)31-22/h14-15,18-19,22,28-29H,4-13H2,1-3H3,(H,23,25,26)/t15-,18-,19-,22-/m1/s1. The first-order valence-electron chi connectivity index (χ1n) is 11.5. The summed E-state index contributed by atoms with van der Waals surface area (Å²) in [6.07, 6.45) is 9.55. The minimum Gasteiger partial charge on any atom is -0.394 e. The number of aliphatic hydroxyl groups is 2. The van der Waals surface area contributed by atoms with Gasteiger partial charge in [0.1, 0.15) is 24.1 Å². The number of hydrogen-bond donors (Lipinski definition) is 3. The summed E-state index contributed by atoms with van der Waals surface area (Å²) in [5.41, 5.74) is 1.27. The summed E-state index contributed by atoms with van der Waals surface area (Å²) in [5.74, 6) is 1.43. The number of nitrogens with one attached hydrogen (secondary N) is 1. The van der Waals surface area contributed by atoms with Crippen LogP contribution in [0.3, 0.4) is 0 Å². The van der Waals surface area contributed by atoms with Crippen molar-refractivity contribution in [2.75, 3.05) is 26.1 Å². The maximum Gasteiger partial charge on any atom is 0.167 e. The van der Waals surface area contributed by atoms with Crippen LogP contribution < -0.4 is 5.32 Å². The summed E-state index contributed by atoms with van der Waals surface area (Å²) >= 11 is 0. The molecule has 9 nitrogen and oxygen atoms in total. The number of fused-ring (bicyclic) bond motifs is 1. The number of aliphatic hydroxyl groups excluding tert-OH is 2. The normalized spacial score (nSPS) is 23.6. The number of aromatic nitrogens is 4. The maximum absolute atomic E-state index is 10.4. The van der Waals surface area contributed by atoms with Crippen LogP contribution >= 0.6 is 0 Å². The smallest absolute Gasteiger partial charge is 0.167 e. The van der Waals surface area contributed by atoms with Crippen molar-refractivity contribution in [3.63, 3.8) is 0 Å². The molecule has 0 spiro atoms. The molecule has 0 bridgehead atoms. The van der Waals surface area contributed by atoms with E-state index >= 15 is 0 Å². The largest absolute Gasteiger partial charge is 0.394 e. The highest BCUT2D eigenvalue weighted by atomic mass is 16.6. The monoisotopic (exact) mass is 435 g/mol. The van der Waals surface area contributed by atoms with E-state index in [1.807, 2.05) is 7.05 Å². The van der Waals surface area contributed by atoms with E-state index in [1.54, 1.807) is 10.9 Å². The van der Waals surface area contributed by atoms with Crippen LogP contribution in [0.5, 0.6) is 0 Å². The van der Waals surface area contributed by atoms with Gasteiger partial charge in [-0.25, -0.2) is 15.0 Å². The van der Waals surface area contributed by atoms with Crippen molar-refractivity contribution in [1.82, 2.24) is 19.5 Å². The van der Waals surface area contributed by atoms with Gasteiger partial charge in [-0.05, 0) is 6.42 Å². The van der Waals surface area contributed by atoms with E-state index in [0.717, 1.165) is 18.7 Å². The first kappa shape index (κ1) is 23.8. The Bertz CT molecular complexity index is 815. The lowest BCUT2D eigenvalue weighted by Gasteiger charge is -2.20. The number of rotatable bonds is 13. The first-order valence-corrected chi connectivity index (χ1v) is 11.5. The number of imidazole rings is 1. The maximum atomic E-state index is 10.4. The minimum atomic E-state index is -0.931. The zero-order chi connectivity index (χ0) is 22.2. The highest BCUT2D eigenvalue weighted by molar-refractivity contribution is 5.83. The zero-order valence-electron chi connectivity index (χ0n) is 19.0. The van der Waals surface area contributed by atoms with Crippen LogP contribution in [-0.2, 0) is 15.9 Å². The number of hydrogen-bond acceptors (Lipinski definition) is 8. The van der Waals surface area contributed by atoms with Gasteiger partial charge in [0.2, 0.25) is 0 Å². The molecular formula is C22H37N5O4. The Morgan fingerprint density at radius 2 is 1.84 bits per heavy atom. The van der Waals surface area contributed by atoms with E-state index < -0.39 is 24.5 Å². The van der Waals surface area contributed by atoms with Crippen molar-refractivity contribution in [2.24, 2.45) is 0 Å². The van der Waals surface area contributed by atoms with E-state index in [0.29, 0.717) is 17.0 Å². The fourth-order valence-electron chi connectivity index (χ4n) is 4.20. The summed E-state index contributed by atoms with van der Waals surface area (Å²) < 4.78 is 13.1. The summed E-state index contributed by atoms with van der Waals surface area (Å²) in [5, 5.41) is 23.0. The number of methoxy groups -OCH3 is 1. The van der Waals surface area contributed by atoms with Gasteiger partial charge in [0, 0.05) is 20.6 Å². The Kier molecular flexibility index (Phi) is 9.01. The molecule has 1 aliphatic rings. The average Bonchev–Trinajstić information content (AvgIpc) is 3.35. The Morgan fingerprint density at radius 1 is 1.13 bits per heavy atom. The van der Waals surface area contributed by atoms with Gasteiger partial charge in [0.15, 0.2) is 23.2 Å². The third-order valence-corrected chi connectivity index (χ3v) is 6.00. The van der Waals surface area contributed by atoms with Crippen molar-refractivity contribution >= 4 is 17.0 Å². The molecule has 31 heavy (non-hydrogen) atoms. The zero-order valence-corrected chi connectivity index (χ0v) is 19.0.